The minimum atomic E-state index is -3.55. The molecule has 7 nitrogen and oxygen atoms in total. The molecule has 0 atom stereocenters. The van der Waals surface area contributed by atoms with E-state index in [1.54, 1.807) is 41.4 Å². The maximum Gasteiger partial charge on any atom is 0.259 e. The van der Waals surface area contributed by atoms with Crippen molar-refractivity contribution in [3.63, 3.8) is 0 Å². The van der Waals surface area contributed by atoms with Crippen LogP contribution in [0.4, 0.5) is 5.69 Å². The van der Waals surface area contributed by atoms with E-state index in [1.807, 2.05) is 13.8 Å². The summed E-state index contributed by atoms with van der Waals surface area (Å²) in [5.74, 6) is -0.481. The summed E-state index contributed by atoms with van der Waals surface area (Å²) in [5.41, 5.74) is 1.23. The second-order valence-corrected chi connectivity index (χ2v) is 7.16. The van der Waals surface area contributed by atoms with Gasteiger partial charge >= 0.3 is 0 Å². The van der Waals surface area contributed by atoms with Gasteiger partial charge in [0, 0.05) is 24.0 Å². The number of hydrogen-bond donors (Lipinski definition) is 1. The second kappa shape index (κ2) is 8.09. The highest BCUT2D eigenvalue weighted by atomic mass is 32.2. The third-order valence-electron chi connectivity index (χ3n) is 3.65. The van der Waals surface area contributed by atoms with Gasteiger partial charge in [0.2, 0.25) is 0 Å². The molecule has 1 aromatic rings. The molecule has 0 fully saturated rings. The lowest BCUT2D eigenvalue weighted by atomic mass is 10.1. The predicted octanol–water partition coefficient (Wildman–Crippen LogP) is 2.35. The Balaban J connectivity index is 0.00000117. The van der Waals surface area contributed by atoms with Crippen molar-refractivity contribution in [3.05, 3.63) is 53.8 Å². The number of allylic oxidation sites excluding steroid dienone is 2. The number of nitrogens with one attached hydrogen (secondary N) is 1. The van der Waals surface area contributed by atoms with E-state index in [0.29, 0.717) is 11.3 Å². The Bertz CT molecular complexity index is 897. The minimum absolute atomic E-state index is 0.0644. The van der Waals surface area contributed by atoms with Crippen LogP contribution in [0.15, 0.2) is 52.6 Å². The Hall–Kier alpha value is -2.74. The number of nitrogens with zero attached hydrogens (tertiary/aromatic N) is 2. The fraction of sp³-hybridized carbons (Fsp3) is 0.278. The Morgan fingerprint density at radius 1 is 1.15 bits per heavy atom. The number of anilines is 1. The number of ketones is 1. The number of sulfonamides is 1. The molecule has 0 aromatic heterocycles. The number of benzene rings is 1. The number of amidine groups is 1. The number of fused-ring (bicyclic) bond motifs is 1. The number of hydrogen-bond acceptors (Lipinski definition) is 5. The summed E-state index contributed by atoms with van der Waals surface area (Å²) in [6.45, 7) is 5.72. The SMILES string of the molecule is CC.CC(=O)c1ccc(NC(=O)C2=CC=CN3CCS(=O)(=O)N=C23)cc1. The van der Waals surface area contributed by atoms with Gasteiger partial charge in [-0.3, -0.25) is 9.59 Å². The van der Waals surface area contributed by atoms with Gasteiger partial charge in [0.25, 0.3) is 15.9 Å². The summed E-state index contributed by atoms with van der Waals surface area (Å²) in [4.78, 5) is 25.4. The van der Waals surface area contributed by atoms with Crippen LogP contribution in [0.5, 0.6) is 0 Å². The highest BCUT2D eigenvalue weighted by Gasteiger charge is 2.29. The van der Waals surface area contributed by atoms with Crippen molar-refractivity contribution in [2.45, 2.75) is 20.8 Å². The van der Waals surface area contributed by atoms with E-state index in [2.05, 4.69) is 9.71 Å². The smallest absolute Gasteiger partial charge is 0.259 e. The van der Waals surface area contributed by atoms with Crippen molar-refractivity contribution in [1.82, 2.24) is 4.90 Å². The first-order valence-electron chi connectivity index (χ1n) is 8.26. The van der Waals surface area contributed by atoms with Gasteiger partial charge in [-0.2, -0.15) is 0 Å². The Morgan fingerprint density at radius 2 is 1.81 bits per heavy atom. The average molecular weight is 375 g/mol. The van der Waals surface area contributed by atoms with E-state index in [-0.39, 0.29) is 29.5 Å². The van der Waals surface area contributed by atoms with E-state index in [4.69, 9.17) is 0 Å². The van der Waals surface area contributed by atoms with E-state index in [1.165, 1.54) is 13.0 Å². The minimum Gasteiger partial charge on any atom is -0.331 e. The molecule has 1 N–H and O–H groups in total. The van der Waals surface area contributed by atoms with E-state index in [9.17, 15) is 18.0 Å². The normalized spacial score (nSPS) is 17.1. The summed E-state index contributed by atoms with van der Waals surface area (Å²) in [6, 6.07) is 6.46. The second-order valence-electron chi connectivity index (χ2n) is 5.40. The Morgan fingerprint density at radius 3 is 2.42 bits per heavy atom. The van der Waals surface area contributed by atoms with Gasteiger partial charge < -0.3 is 10.2 Å². The summed E-state index contributed by atoms with van der Waals surface area (Å²) < 4.78 is 27.1. The molecule has 138 valence electrons. The lowest BCUT2D eigenvalue weighted by molar-refractivity contribution is -0.112. The number of carbonyl (C=O) groups is 2. The molecular weight excluding hydrogens is 354 g/mol. The van der Waals surface area contributed by atoms with Crippen molar-refractivity contribution < 1.29 is 18.0 Å². The Labute approximate surface area is 153 Å². The number of rotatable bonds is 3. The maximum atomic E-state index is 12.5. The third kappa shape index (κ3) is 4.45. The highest BCUT2D eigenvalue weighted by molar-refractivity contribution is 7.90. The van der Waals surface area contributed by atoms with Crippen LogP contribution < -0.4 is 5.32 Å². The first kappa shape index (κ1) is 19.6. The van der Waals surface area contributed by atoms with E-state index in [0.717, 1.165) is 0 Å². The van der Waals surface area contributed by atoms with Crippen LogP contribution in [0.2, 0.25) is 0 Å². The lowest BCUT2D eigenvalue weighted by Crippen LogP contribution is -2.40. The zero-order chi connectivity index (χ0) is 19.3. The fourth-order valence-corrected chi connectivity index (χ4v) is 3.37. The molecule has 2 aliphatic heterocycles. The summed E-state index contributed by atoms with van der Waals surface area (Å²) >= 11 is 0. The van der Waals surface area contributed by atoms with Crippen molar-refractivity contribution in [3.8, 4) is 0 Å². The van der Waals surface area contributed by atoms with E-state index < -0.39 is 15.9 Å². The van der Waals surface area contributed by atoms with Crippen LogP contribution in [0, 0.1) is 0 Å². The molecule has 2 heterocycles. The lowest BCUT2D eigenvalue weighted by Gasteiger charge is -2.28. The first-order valence-corrected chi connectivity index (χ1v) is 9.87. The maximum absolute atomic E-state index is 12.5. The highest BCUT2D eigenvalue weighted by Crippen LogP contribution is 2.19. The van der Waals surface area contributed by atoms with Crippen LogP contribution in [0.1, 0.15) is 31.1 Å². The molecule has 0 radical (unpaired) electrons. The molecule has 26 heavy (non-hydrogen) atoms. The molecule has 0 unspecified atom stereocenters. The van der Waals surface area contributed by atoms with Crippen LogP contribution in [0.25, 0.3) is 0 Å². The molecule has 1 amide bonds. The van der Waals surface area contributed by atoms with Crippen LogP contribution >= 0.6 is 0 Å². The van der Waals surface area contributed by atoms with Gasteiger partial charge in [-0.05, 0) is 43.3 Å². The summed E-state index contributed by atoms with van der Waals surface area (Å²) in [7, 11) is -3.55. The molecule has 0 bridgehead atoms. The van der Waals surface area contributed by atoms with Gasteiger partial charge in [0.05, 0.1) is 11.3 Å². The average Bonchev–Trinajstić information content (AvgIpc) is 2.62. The molecule has 3 rings (SSSR count). The van der Waals surface area contributed by atoms with Gasteiger partial charge in [-0.25, -0.2) is 8.42 Å². The van der Waals surface area contributed by atoms with Crippen molar-refractivity contribution in [1.29, 1.82) is 0 Å². The number of carbonyl (C=O) groups excluding carboxylic acids is 2. The monoisotopic (exact) mass is 375 g/mol. The first-order chi connectivity index (χ1) is 12.4. The van der Waals surface area contributed by atoms with Gasteiger partial charge in [0.15, 0.2) is 11.6 Å². The van der Waals surface area contributed by atoms with Crippen molar-refractivity contribution in [2.24, 2.45) is 4.40 Å². The standard InChI is InChI=1S/C16H15N3O4S.C2H6/c1-11(20)12-4-6-13(7-5-12)17-16(21)14-3-2-8-19-9-10-24(22,23)18-15(14)19;1-2/h2-8H,9-10H2,1H3,(H,17,21);1-2H3. The molecule has 2 aliphatic rings. The van der Waals surface area contributed by atoms with E-state index >= 15 is 0 Å². The number of Topliss-reactive ketones (excluding diaryl/α,β-unsaturated/α-hetero) is 1. The quantitative estimate of drug-likeness (QED) is 0.818. The summed E-state index contributed by atoms with van der Waals surface area (Å²) in [5, 5.41) is 2.68. The largest absolute Gasteiger partial charge is 0.331 e. The zero-order valence-corrected chi connectivity index (χ0v) is 15.7. The molecule has 0 saturated carbocycles. The van der Waals surface area contributed by atoms with Gasteiger partial charge in [0.1, 0.15) is 0 Å². The topological polar surface area (TPSA) is 95.9 Å². The molecule has 1 aromatic carbocycles. The molecule has 8 heteroatoms. The van der Waals surface area contributed by atoms with Crippen LogP contribution in [0.3, 0.4) is 0 Å². The summed E-state index contributed by atoms with van der Waals surface area (Å²) in [6.07, 6.45) is 4.88. The van der Waals surface area contributed by atoms with Gasteiger partial charge in [-0.15, -0.1) is 4.40 Å². The fourth-order valence-electron chi connectivity index (χ4n) is 2.38. The van der Waals surface area contributed by atoms with Gasteiger partial charge in [-0.1, -0.05) is 13.8 Å². The molecule has 0 spiro atoms. The molecule has 0 saturated heterocycles. The van der Waals surface area contributed by atoms with Crippen LogP contribution in [-0.2, 0) is 14.8 Å². The van der Waals surface area contributed by atoms with Crippen molar-refractivity contribution >= 4 is 33.2 Å². The van der Waals surface area contributed by atoms with Crippen molar-refractivity contribution in [2.75, 3.05) is 17.6 Å². The molecular formula is C18H21N3O4S. The Kier molecular flexibility index (Phi) is 6.10. The molecule has 0 aliphatic carbocycles. The number of amides is 1. The predicted molar refractivity (Wildman–Crippen MR) is 102 cm³/mol. The van der Waals surface area contributed by atoms with Crippen LogP contribution in [-0.4, -0.2) is 43.1 Å². The zero-order valence-electron chi connectivity index (χ0n) is 14.9. The third-order valence-corrected chi connectivity index (χ3v) is 4.80.